The van der Waals surface area contributed by atoms with Crippen LogP contribution in [0.4, 0.5) is 5.69 Å². The molecule has 0 bridgehead atoms. The molecule has 1 N–H and O–H groups in total. The van der Waals surface area contributed by atoms with Gasteiger partial charge in [-0.3, -0.25) is 4.90 Å². The lowest BCUT2D eigenvalue weighted by molar-refractivity contribution is 0.0160. The summed E-state index contributed by atoms with van der Waals surface area (Å²) in [6.45, 7) is 8.25. The molecule has 116 valence electrons. The third-order valence-corrected chi connectivity index (χ3v) is 4.64. The van der Waals surface area contributed by atoms with Gasteiger partial charge in [0.2, 0.25) is 0 Å². The number of para-hydroxylation sites is 1. The van der Waals surface area contributed by atoms with Crippen LogP contribution >= 0.6 is 0 Å². The molecule has 0 aromatic heterocycles. The van der Waals surface area contributed by atoms with Gasteiger partial charge in [0.15, 0.2) is 0 Å². The van der Waals surface area contributed by atoms with Crippen molar-refractivity contribution in [1.29, 1.82) is 0 Å². The average Bonchev–Trinajstić information content (AvgIpc) is 2.51. The average molecular weight is 290 g/mol. The Bertz CT molecular complexity index is 460. The summed E-state index contributed by atoms with van der Waals surface area (Å²) in [5, 5.41) is 10.4. The van der Waals surface area contributed by atoms with Gasteiger partial charge in [0, 0.05) is 38.4 Å². The van der Waals surface area contributed by atoms with Gasteiger partial charge in [-0.2, -0.15) is 0 Å². The van der Waals surface area contributed by atoms with Crippen LogP contribution in [0.15, 0.2) is 24.3 Å². The maximum atomic E-state index is 10.4. The first-order valence-electron chi connectivity index (χ1n) is 8.06. The molecular formula is C17H26N2O2. The Balaban J connectivity index is 1.61. The monoisotopic (exact) mass is 290 g/mol. The fourth-order valence-electron chi connectivity index (χ4n) is 3.40. The van der Waals surface area contributed by atoms with E-state index in [2.05, 4.69) is 41.0 Å². The molecule has 4 nitrogen and oxygen atoms in total. The molecule has 0 spiro atoms. The molecule has 0 unspecified atom stereocenters. The number of aliphatic hydroxyl groups is 1. The molecule has 3 rings (SSSR count). The number of anilines is 1. The zero-order valence-electron chi connectivity index (χ0n) is 12.9. The van der Waals surface area contributed by atoms with Crippen LogP contribution in [-0.2, 0) is 4.74 Å². The molecule has 2 heterocycles. The van der Waals surface area contributed by atoms with Gasteiger partial charge in [-0.25, -0.2) is 0 Å². The Labute approximate surface area is 127 Å². The molecule has 1 aromatic rings. The first-order chi connectivity index (χ1) is 10.2. The number of aliphatic hydroxyl groups excluding tert-OH is 1. The van der Waals surface area contributed by atoms with E-state index >= 15 is 0 Å². The minimum Gasteiger partial charge on any atom is -0.390 e. The highest BCUT2D eigenvalue weighted by molar-refractivity contribution is 5.57. The SMILES string of the molecule is C[C@@H]1CCN(C[C@@H](O)CN2CCOCC2)c2ccccc21. The Morgan fingerprint density at radius 2 is 1.95 bits per heavy atom. The predicted octanol–water partition coefficient (Wildman–Crippen LogP) is 1.69. The van der Waals surface area contributed by atoms with E-state index in [1.165, 1.54) is 17.7 Å². The molecule has 2 aliphatic rings. The Hall–Kier alpha value is -1.10. The van der Waals surface area contributed by atoms with Crippen molar-refractivity contribution in [2.45, 2.75) is 25.4 Å². The summed E-state index contributed by atoms with van der Waals surface area (Å²) in [6.07, 6.45) is 0.867. The van der Waals surface area contributed by atoms with E-state index in [9.17, 15) is 5.11 Å². The Morgan fingerprint density at radius 1 is 1.19 bits per heavy atom. The van der Waals surface area contributed by atoms with Crippen molar-refractivity contribution in [2.24, 2.45) is 0 Å². The van der Waals surface area contributed by atoms with Crippen LogP contribution in [0.1, 0.15) is 24.8 Å². The molecule has 0 aliphatic carbocycles. The van der Waals surface area contributed by atoms with Crippen molar-refractivity contribution in [3.63, 3.8) is 0 Å². The second-order valence-electron chi connectivity index (χ2n) is 6.26. The standard InChI is InChI=1S/C17H26N2O2/c1-14-6-7-19(17-5-3-2-4-16(14)17)13-15(20)12-18-8-10-21-11-9-18/h2-5,14-15,20H,6-13H2,1H3/t14-,15+/m1/s1. The number of β-amino-alcohol motifs (C(OH)–C–C–N with tert-alkyl or cyclic N) is 1. The molecule has 2 aliphatic heterocycles. The lowest BCUT2D eigenvalue weighted by Crippen LogP contribution is -2.45. The van der Waals surface area contributed by atoms with Gasteiger partial charge in [-0.05, 0) is 24.0 Å². The number of nitrogens with zero attached hydrogens (tertiary/aromatic N) is 2. The van der Waals surface area contributed by atoms with Gasteiger partial charge >= 0.3 is 0 Å². The molecule has 0 amide bonds. The molecule has 4 heteroatoms. The largest absolute Gasteiger partial charge is 0.390 e. The van der Waals surface area contributed by atoms with Crippen LogP contribution < -0.4 is 4.90 Å². The highest BCUT2D eigenvalue weighted by atomic mass is 16.5. The second kappa shape index (κ2) is 6.77. The van der Waals surface area contributed by atoms with Crippen molar-refractivity contribution in [3.05, 3.63) is 29.8 Å². The number of ether oxygens (including phenoxy) is 1. The molecule has 1 fully saturated rings. The number of morpholine rings is 1. The van der Waals surface area contributed by atoms with Crippen molar-refractivity contribution < 1.29 is 9.84 Å². The van der Waals surface area contributed by atoms with Crippen molar-refractivity contribution in [2.75, 3.05) is 50.8 Å². The number of hydrogen-bond acceptors (Lipinski definition) is 4. The van der Waals surface area contributed by atoms with E-state index in [-0.39, 0.29) is 6.10 Å². The van der Waals surface area contributed by atoms with Crippen molar-refractivity contribution >= 4 is 5.69 Å². The number of benzene rings is 1. The summed E-state index contributed by atoms with van der Waals surface area (Å²) < 4.78 is 5.36. The first kappa shape index (κ1) is 14.8. The lowest BCUT2D eigenvalue weighted by Gasteiger charge is -2.37. The maximum absolute atomic E-state index is 10.4. The topological polar surface area (TPSA) is 35.9 Å². The summed E-state index contributed by atoms with van der Waals surface area (Å²) in [6, 6.07) is 8.62. The predicted molar refractivity (Wildman–Crippen MR) is 85.0 cm³/mol. The van der Waals surface area contributed by atoms with Crippen LogP contribution in [0, 0.1) is 0 Å². The van der Waals surface area contributed by atoms with Crippen LogP contribution in [0.25, 0.3) is 0 Å². The zero-order valence-corrected chi connectivity index (χ0v) is 12.9. The van der Waals surface area contributed by atoms with Gasteiger partial charge in [0.25, 0.3) is 0 Å². The summed E-state index contributed by atoms with van der Waals surface area (Å²) >= 11 is 0. The molecule has 2 atom stereocenters. The summed E-state index contributed by atoms with van der Waals surface area (Å²) in [7, 11) is 0. The lowest BCUT2D eigenvalue weighted by atomic mass is 9.91. The smallest absolute Gasteiger partial charge is 0.0841 e. The first-order valence-corrected chi connectivity index (χ1v) is 8.06. The molecule has 21 heavy (non-hydrogen) atoms. The van der Waals surface area contributed by atoms with Crippen molar-refractivity contribution in [3.8, 4) is 0 Å². The molecular weight excluding hydrogens is 264 g/mol. The Morgan fingerprint density at radius 3 is 2.76 bits per heavy atom. The van der Waals surface area contributed by atoms with Crippen LogP contribution in [0.5, 0.6) is 0 Å². The molecule has 1 saturated heterocycles. The fourth-order valence-corrected chi connectivity index (χ4v) is 3.40. The van der Waals surface area contributed by atoms with Crippen LogP contribution in [0.3, 0.4) is 0 Å². The third-order valence-electron chi connectivity index (χ3n) is 4.64. The summed E-state index contributed by atoms with van der Waals surface area (Å²) in [5.41, 5.74) is 2.72. The van der Waals surface area contributed by atoms with Gasteiger partial charge in [0.05, 0.1) is 19.3 Å². The quantitative estimate of drug-likeness (QED) is 0.915. The van der Waals surface area contributed by atoms with E-state index in [0.717, 1.165) is 45.9 Å². The van der Waals surface area contributed by atoms with Gasteiger partial charge < -0.3 is 14.7 Å². The van der Waals surface area contributed by atoms with E-state index in [1.807, 2.05) is 0 Å². The van der Waals surface area contributed by atoms with E-state index in [0.29, 0.717) is 5.92 Å². The fraction of sp³-hybridized carbons (Fsp3) is 0.647. The Kier molecular flexibility index (Phi) is 4.78. The molecule has 1 aromatic carbocycles. The van der Waals surface area contributed by atoms with E-state index in [4.69, 9.17) is 4.74 Å². The van der Waals surface area contributed by atoms with Gasteiger partial charge in [-0.15, -0.1) is 0 Å². The highest BCUT2D eigenvalue weighted by Crippen LogP contribution is 2.34. The number of hydrogen-bond donors (Lipinski definition) is 1. The number of fused-ring (bicyclic) bond motifs is 1. The van der Waals surface area contributed by atoms with Crippen LogP contribution in [0.2, 0.25) is 0 Å². The molecule has 0 saturated carbocycles. The summed E-state index contributed by atoms with van der Waals surface area (Å²) in [4.78, 5) is 4.65. The van der Waals surface area contributed by atoms with E-state index in [1.54, 1.807) is 0 Å². The zero-order chi connectivity index (χ0) is 14.7. The minimum atomic E-state index is -0.301. The highest BCUT2D eigenvalue weighted by Gasteiger charge is 2.24. The third kappa shape index (κ3) is 3.57. The second-order valence-corrected chi connectivity index (χ2v) is 6.26. The van der Waals surface area contributed by atoms with E-state index < -0.39 is 0 Å². The minimum absolute atomic E-state index is 0.301. The molecule has 0 radical (unpaired) electrons. The number of rotatable bonds is 4. The van der Waals surface area contributed by atoms with Gasteiger partial charge in [-0.1, -0.05) is 25.1 Å². The normalized spacial score (nSPS) is 24.7. The van der Waals surface area contributed by atoms with Gasteiger partial charge in [0.1, 0.15) is 0 Å². The maximum Gasteiger partial charge on any atom is 0.0841 e. The van der Waals surface area contributed by atoms with Crippen LogP contribution in [-0.4, -0.2) is 62.0 Å². The summed E-state index contributed by atoms with van der Waals surface area (Å²) in [5.74, 6) is 0.619. The van der Waals surface area contributed by atoms with Crippen molar-refractivity contribution in [1.82, 2.24) is 4.90 Å².